The van der Waals surface area contributed by atoms with Crippen LogP contribution < -0.4 is 10.5 Å². The van der Waals surface area contributed by atoms with Crippen LogP contribution in [0.15, 0.2) is 0 Å². The molecule has 0 aromatic carbocycles. The van der Waals surface area contributed by atoms with Crippen LogP contribution in [0.3, 0.4) is 0 Å². The molecule has 0 saturated carbocycles. The molecule has 1 heterocycles. The van der Waals surface area contributed by atoms with Crippen LogP contribution in [0.1, 0.15) is 33.0 Å². The van der Waals surface area contributed by atoms with Crippen molar-refractivity contribution in [3.8, 4) is 6.01 Å². The third-order valence-corrected chi connectivity index (χ3v) is 1.70. The van der Waals surface area contributed by atoms with E-state index in [9.17, 15) is 0 Å². The van der Waals surface area contributed by atoms with Crippen molar-refractivity contribution in [2.45, 2.75) is 33.6 Å². The van der Waals surface area contributed by atoms with Gasteiger partial charge < -0.3 is 10.5 Å². The molecule has 0 bridgehead atoms. The molecule has 1 aromatic rings. The minimum Gasteiger partial charge on any atom is -0.463 e. The Morgan fingerprint density at radius 2 is 2.00 bits per heavy atom. The molecule has 84 valence electrons. The number of aromatic nitrogens is 3. The van der Waals surface area contributed by atoms with E-state index in [1.807, 2.05) is 6.92 Å². The van der Waals surface area contributed by atoms with E-state index in [-0.39, 0.29) is 5.95 Å². The van der Waals surface area contributed by atoms with Gasteiger partial charge in [-0.3, -0.25) is 0 Å². The Morgan fingerprint density at radius 1 is 1.27 bits per heavy atom. The summed E-state index contributed by atoms with van der Waals surface area (Å²) >= 11 is 0. The van der Waals surface area contributed by atoms with Crippen LogP contribution in [-0.2, 0) is 6.42 Å². The topological polar surface area (TPSA) is 73.9 Å². The summed E-state index contributed by atoms with van der Waals surface area (Å²) < 4.78 is 5.32. The molecule has 1 aromatic heterocycles. The Hall–Kier alpha value is -1.39. The number of anilines is 1. The Bertz CT molecular complexity index is 314. The van der Waals surface area contributed by atoms with E-state index in [0.29, 0.717) is 24.4 Å². The minimum atomic E-state index is 0.228. The lowest BCUT2D eigenvalue weighted by Crippen LogP contribution is -2.09. The fourth-order valence-corrected chi connectivity index (χ4v) is 1.13. The second kappa shape index (κ2) is 5.48. The zero-order valence-corrected chi connectivity index (χ0v) is 9.53. The summed E-state index contributed by atoms with van der Waals surface area (Å²) in [5.41, 5.74) is 5.56. The van der Waals surface area contributed by atoms with Crippen LogP contribution >= 0.6 is 0 Å². The molecule has 0 fully saturated rings. The van der Waals surface area contributed by atoms with Gasteiger partial charge in [-0.05, 0) is 12.3 Å². The van der Waals surface area contributed by atoms with Crippen molar-refractivity contribution < 1.29 is 4.74 Å². The summed E-state index contributed by atoms with van der Waals surface area (Å²) in [5, 5.41) is 0. The lowest BCUT2D eigenvalue weighted by Gasteiger charge is -2.06. The van der Waals surface area contributed by atoms with Crippen LogP contribution in [0.25, 0.3) is 0 Å². The highest BCUT2D eigenvalue weighted by molar-refractivity contribution is 5.18. The highest BCUT2D eigenvalue weighted by Gasteiger charge is 2.06. The van der Waals surface area contributed by atoms with E-state index in [0.717, 1.165) is 12.8 Å². The average molecular weight is 210 g/mol. The maximum absolute atomic E-state index is 5.56. The number of hydrogen-bond acceptors (Lipinski definition) is 5. The molecule has 5 heteroatoms. The summed E-state index contributed by atoms with van der Waals surface area (Å²) in [4.78, 5) is 12.2. The Morgan fingerprint density at radius 3 is 2.60 bits per heavy atom. The van der Waals surface area contributed by atoms with E-state index in [4.69, 9.17) is 10.5 Å². The summed E-state index contributed by atoms with van der Waals surface area (Å²) in [5.74, 6) is 1.42. The Kier molecular flexibility index (Phi) is 4.27. The highest BCUT2D eigenvalue weighted by Crippen LogP contribution is 2.09. The number of rotatable bonds is 5. The molecule has 5 nitrogen and oxygen atoms in total. The summed E-state index contributed by atoms with van der Waals surface area (Å²) in [6, 6.07) is 0.333. The lowest BCUT2D eigenvalue weighted by atomic mass is 10.1. The molecular weight excluding hydrogens is 192 g/mol. The van der Waals surface area contributed by atoms with Gasteiger partial charge >= 0.3 is 6.01 Å². The van der Waals surface area contributed by atoms with Crippen LogP contribution in [-0.4, -0.2) is 21.6 Å². The third-order valence-electron chi connectivity index (χ3n) is 1.70. The number of nitrogens with zero attached hydrogens (tertiary/aromatic N) is 3. The van der Waals surface area contributed by atoms with Crippen LogP contribution in [0.5, 0.6) is 6.01 Å². The number of nitrogen functional groups attached to an aromatic ring is 1. The molecule has 0 spiro atoms. The molecule has 15 heavy (non-hydrogen) atoms. The summed E-state index contributed by atoms with van der Waals surface area (Å²) in [7, 11) is 0. The fourth-order valence-electron chi connectivity index (χ4n) is 1.13. The molecule has 0 aliphatic heterocycles. The summed E-state index contributed by atoms with van der Waals surface area (Å²) in [6.45, 7) is 6.84. The molecular formula is C10H18N4O. The normalized spacial score (nSPS) is 10.7. The second-order valence-electron chi connectivity index (χ2n) is 3.84. The highest BCUT2D eigenvalue weighted by atomic mass is 16.5. The average Bonchev–Trinajstić information content (AvgIpc) is 2.12. The first-order valence-corrected chi connectivity index (χ1v) is 5.25. The summed E-state index contributed by atoms with van der Waals surface area (Å²) in [6.07, 6.45) is 1.71. The Balaban J connectivity index is 2.75. The predicted molar refractivity (Wildman–Crippen MR) is 58.6 cm³/mol. The molecule has 0 atom stereocenters. The van der Waals surface area contributed by atoms with Gasteiger partial charge in [-0.25, -0.2) is 0 Å². The molecule has 0 amide bonds. The standard InChI is InChI=1S/C10H18N4O/c1-4-5-15-10-13-8(6-7(2)3)12-9(11)14-10/h7H,4-6H2,1-3H3,(H2,11,12,13,14). The molecule has 2 N–H and O–H groups in total. The van der Waals surface area contributed by atoms with Gasteiger partial charge in [0.25, 0.3) is 0 Å². The number of hydrogen-bond donors (Lipinski definition) is 1. The number of ether oxygens (including phenoxy) is 1. The van der Waals surface area contributed by atoms with E-state index >= 15 is 0 Å². The van der Waals surface area contributed by atoms with Crippen molar-refractivity contribution in [1.82, 2.24) is 15.0 Å². The molecule has 0 aliphatic carbocycles. The monoisotopic (exact) mass is 210 g/mol. The SMILES string of the molecule is CCCOc1nc(N)nc(CC(C)C)n1. The smallest absolute Gasteiger partial charge is 0.321 e. The van der Waals surface area contributed by atoms with E-state index < -0.39 is 0 Å². The van der Waals surface area contributed by atoms with E-state index in [1.165, 1.54) is 0 Å². The van der Waals surface area contributed by atoms with Crippen molar-refractivity contribution in [3.05, 3.63) is 5.82 Å². The van der Waals surface area contributed by atoms with Gasteiger partial charge in [-0.1, -0.05) is 20.8 Å². The third kappa shape index (κ3) is 4.10. The number of nitrogens with two attached hydrogens (primary N) is 1. The van der Waals surface area contributed by atoms with Crippen molar-refractivity contribution in [3.63, 3.8) is 0 Å². The van der Waals surface area contributed by atoms with Crippen molar-refractivity contribution in [2.24, 2.45) is 5.92 Å². The van der Waals surface area contributed by atoms with Crippen LogP contribution in [0.4, 0.5) is 5.95 Å². The van der Waals surface area contributed by atoms with Crippen LogP contribution in [0.2, 0.25) is 0 Å². The van der Waals surface area contributed by atoms with Crippen molar-refractivity contribution >= 4 is 5.95 Å². The predicted octanol–water partition coefficient (Wildman–Crippen LogP) is 1.44. The zero-order chi connectivity index (χ0) is 11.3. The first-order chi connectivity index (χ1) is 7.11. The van der Waals surface area contributed by atoms with Gasteiger partial charge in [-0.2, -0.15) is 15.0 Å². The van der Waals surface area contributed by atoms with Gasteiger partial charge in [0, 0.05) is 6.42 Å². The van der Waals surface area contributed by atoms with Gasteiger partial charge in [0.1, 0.15) is 5.82 Å². The largest absolute Gasteiger partial charge is 0.463 e. The lowest BCUT2D eigenvalue weighted by molar-refractivity contribution is 0.290. The van der Waals surface area contributed by atoms with Gasteiger partial charge in [0.15, 0.2) is 0 Å². The van der Waals surface area contributed by atoms with Gasteiger partial charge in [-0.15, -0.1) is 0 Å². The molecule has 0 unspecified atom stereocenters. The molecule has 1 rings (SSSR count). The Labute approximate surface area is 90.1 Å². The molecule has 0 radical (unpaired) electrons. The van der Waals surface area contributed by atoms with Crippen LogP contribution in [0, 0.1) is 5.92 Å². The second-order valence-corrected chi connectivity index (χ2v) is 3.84. The van der Waals surface area contributed by atoms with Gasteiger partial charge in [0.2, 0.25) is 5.95 Å². The zero-order valence-electron chi connectivity index (χ0n) is 9.53. The maximum atomic E-state index is 5.56. The first kappa shape index (κ1) is 11.7. The van der Waals surface area contributed by atoms with E-state index in [2.05, 4.69) is 28.8 Å². The minimum absolute atomic E-state index is 0.228. The molecule has 0 saturated heterocycles. The quantitative estimate of drug-likeness (QED) is 0.796. The van der Waals surface area contributed by atoms with Crippen molar-refractivity contribution in [2.75, 3.05) is 12.3 Å². The maximum Gasteiger partial charge on any atom is 0.321 e. The first-order valence-electron chi connectivity index (χ1n) is 5.25. The van der Waals surface area contributed by atoms with Gasteiger partial charge in [0.05, 0.1) is 6.61 Å². The van der Waals surface area contributed by atoms with E-state index in [1.54, 1.807) is 0 Å². The molecule has 0 aliphatic rings. The fraction of sp³-hybridized carbons (Fsp3) is 0.700. The van der Waals surface area contributed by atoms with Crippen molar-refractivity contribution in [1.29, 1.82) is 0 Å².